The number of thiazole rings is 1. The van der Waals surface area contributed by atoms with Gasteiger partial charge in [0.15, 0.2) is 10.8 Å². The molecule has 0 radical (unpaired) electrons. The van der Waals surface area contributed by atoms with Gasteiger partial charge in [-0.15, -0.1) is 0 Å². The number of ether oxygens (including phenoxy) is 1. The summed E-state index contributed by atoms with van der Waals surface area (Å²) in [5.74, 6) is 0.00301. The Balaban J connectivity index is 2.70. The van der Waals surface area contributed by atoms with Crippen molar-refractivity contribution in [2.24, 2.45) is 0 Å². The second kappa shape index (κ2) is 5.07. The number of carbonyl (C=O) groups is 1. The summed E-state index contributed by atoms with van der Waals surface area (Å²) in [5, 5.41) is 1.14. The second-order valence-electron chi connectivity index (χ2n) is 2.85. The summed E-state index contributed by atoms with van der Waals surface area (Å²) < 4.78 is 4.82. The molecule has 5 heteroatoms. The highest BCUT2D eigenvalue weighted by atomic mass is 32.1. The van der Waals surface area contributed by atoms with E-state index < -0.39 is 0 Å². The zero-order valence-electron chi connectivity index (χ0n) is 8.37. The van der Waals surface area contributed by atoms with Crippen LogP contribution in [0.25, 0.3) is 0 Å². The Kier molecular flexibility index (Phi) is 4.03. The molecule has 0 aromatic carbocycles. The fourth-order valence-corrected chi connectivity index (χ4v) is 1.93. The fraction of sp³-hybridized carbons (Fsp3) is 0.556. The van der Waals surface area contributed by atoms with Crippen molar-refractivity contribution in [2.75, 3.05) is 19.5 Å². The van der Waals surface area contributed by atoms with Gasteiger partial charge >= 0.3 is 0 Å². The van der Waals surface area contributed by atoms with E-state index in [1.54, 1.807) is 7.11 Å². The molecule has 0 spiro atoms. The molecule has 1 rings (SSSR count). The lowest BCUT2D eigenvalue weighted by molar-refractivity contribution is 0.0931. The molecule has 0 saturated heterocycles. The average molecular weight is 214 g/mol. The molecule has 4 nitrogen and oxygen atoms in total. The van der Waals surface area contributed by atoms with Crippen LogP contribution in [0.3, 0.4) is 0 Å². The van der Waals surface area contributed by atoms with E-state index in [0.29, 0.717) is 23.0 Å². The minimum Gasteiger partial charge on any atom is -0.389 e. The summed E-state index contributed by atoms with van der Waals surface area (Å²) in [5.41, 5.74) is 6.51. The van der Waals surface area contributed by atoms with Gasteiger partial charge in [-0.05, 0) is 6.42 Å². The Morgan fingerprint density at radius 3 is 2.86 bits per heavy atom. The van der Waals surface area contributed by atoms with Gasteiger partial charge in [0.05, 0.1) is 12.3 Å². The van der Waals surface area contributed by atoms with Crippen LogP contribution in [0.1, 0.15) is 28.8 Å². The van der Waals surface area contributed by atoms with Crippen LogP contribution in [-0.4, -0.2) is 24.5 Å². The normalized spacial score (nSPS) is 10.4. The van der Waals surface area contributed by atoms with E-state index in [1.165, 1.54) is 11.3 Å². The molecular weight excluding hydrogens is 200 g/mol. The molecule has 14 heavy (non-hydrogen) atoms. The smallest absolute Gasteiger partial charge is 0.193 e. The van der Waals surface area contributed by atoms with Gasteiger partial charge < -0.3 is 10.5 Å². The van der Waals surface area contributed by atoms with Crippen molar-refractivity contribution in [3.8, 4) is 0 Å². The highest BCUT2D eigenvalue weighted by Crippen LogP contribution is 2.22. The maximum Gasteiger partial charge on any atom is 0.193 e. The van der Waals surface area contributed by atoms with E-state index in [0.717, 1.165) is 12.1 Å². The van der Waals surface area contributed by atoms with E-state index in [4.69, 9.17) is 10.5 Å². The molecular formula is C9H14N2O2S. The highest BCUT2D eigenvalue weighted by Gasteiger charge is 2.13. The number of methoxy groups -OCH3 is 1. The van der Waals surface area contributed by atoms with Crippen LogP contribution in [0.5, 0.6) is 0 Å². The molecule has 1 heterocycles. The molecule has 0 unspecified atom stereocenters. The first-order chi connectivity index (χ1) is 6.69. The molecule has 0 aliphatic heterocycles. The predicted molar refractivity (Wildman–Crippen MR) is 56.7 cm³/mol. The number of nitrogen functional groups attached to an aromatic ring is 1. The molecule has 0 aliphatic rings. The van der Waals surface area contributed by atoms with E-state index in [-0.39, 0.29) is 5.78 Å². The third kappa shape index (κ3) is 2.52. The standard InChI is InChI=1S/C9H14N2O2S/c1-3-6-8(10)14-9(11-6)7(12)4-5-13-2/h3-5,10H2,1-2H3. The van der Waals surface area contributed by atoms with Crippen LogP contribution in [0, 0.1) is 0 Å². The summed E-state index contributed by atoms with van der Waals surface area (Å²) in [6, 6.07) is 0. The number of nitrogens with two attached hydrogens (primary N) is 1. The minimum absolute atomic E-state index is 0.00301. The summed E-state index contributed by atoms with van der Waals surface area (Å²) in [4.78, 5) is 15.7. The summed E-state index contributed by atoms with van der Waals surface area (Å²) in [7, 11) is 1.57. The number of rotatable bonds is 5. The van der Waals surface area contributed by atoms with E-state index in [9.17, 15) is 4.79 Å². The number of ketones is 1. The Morgan fingerprint density at radius 1 is 1.64 bits per heavy atom. The van der Waals surface area contributed by atoms with Crippen LogP contribution in [-0.2, 0) is 11.2 Å². The van der Waals surface area contributed by atoms with Crippen LogP contribution in [0.4, 0.5) is 5.00 Å². The van der Waals surface area contributed by atoms with Crippen LogP contribution >= 0.6 is 11.3 Å². The van der Waals surface area contributed by atoms with Crippen LogP contribution in [0.15, 0.2) is 0 Å². The van der Waals surface area contributed by atoms with Gasteiger partial charge in [-0.25, -0.2) is 4.98 Å². The Morgan fingerprint density at radius 2 is 2.36 bits per heavy atom. The van der Waals surface area contributed by atoms with Gasteiger partial charge in [0, 0.05) is 13.5 Å². The predicted octanol–water partition coefficient (Wildman–Crippen LogP) is 1.51. The van der Waals surface area contributed by atoms with Crippen LogP contribution < -0.4 is 5.73 Å². The largest absolute Gasteiger partial charge is 0.389 e. The fourth-order valence-electron chi connectivity index (χ4n) is 1.04. The zero-order chi connectivity index (χ0) is 10.6. The van der Waals surface area contributed by atoms with E-state index in [1.807, 2.05) is 6.92 Å². The topological polar surface area (TPSA) is 65.2 Å². The van der Waals surface area contributed by atoms with Crippen molar-refractivity contribution >= 4 is 22.1 Å². The van der Waals surface area contributed by atoms with Gasteiger partial charge in [0.2, 0.25) is 0 Å². The summed E-state index contributed by atoms with van der Waals surface area (Å²) in [6.07, 6.45) is 1.13. The number of Topliss-reactive ketones (excluding diaryl/α,β-unsaturated/α-hetero) is 1. The van der Waals surface area contributed by atoms with Gasteiger partial charge in [-0.1, -0.05) is 18.3 Å². The second-order valence-corrected chi connectivity index (χ2v) is 3.88. The number of hydrogen-bond acceptors (Lipinski definition) is 5. The first-order valence-corrected chi connectivity index (χ1v) is 5.28. The number of carbonyl (C=O) groups excluding carboxylic acids is 1. The summed E-state index contributed by atoms with van der Waals surface area (Å²) in [6.45, 7) is 2.40. The van der Waals surface area contributed by atoms with Crippen LogP contribution in [0.2, 0.25) is 0 Å². The first kappa shape index (κ1) is 11.1. The molecule has 0 bridgehead atoms. The maximum atomic E-state index is 11.5. The van der Waals surface area contributed by atoms with E-state index >= 15 is 0 Å². The lowest BCUT2D eigenvalue weighted by atomic mass is 10.3. The van der Waals surface area contributed by atoms with Gasteiger partial charge in [-0.3, -0.25) is 4.79 Å². The monoisotopic (exact) mass is 214 g/mol. The lowest BCUT2D eigenvalue weighted by Crippen LogP contribution is -2.02. The molecule has 1 aromatic rings. The van der Waals surface area contributed by atoms with Gasteiger partial charge in [0.1, 0.15) is 5.00 Å². The average Bonchev–Trinajstić information content (AvgIpc) is 2.56. The molecule has 0 fully saturated rings. The lowest BCUT2D eigenvalue weighted by Gasteiger charge is -1.94. The number of anilines is 1. The highest BCUT2D eigenvalue weighted by molar-refractivity contribution is 7.17. The third-order valence-corrected chi connectivity index (χ3v) is 2.80. The van der Waals surface area contributed by atoms with Crippen molar-refractivity contribution < 1.29 is 9.53 Å². The molecule has 0 saturated carbocycles. The Bertz CT molecular complexity index is 323. The third-order valence-electron chi connectivity index (χ3n) is 1.83. The molecule has 1 aromatic heterocycles. The van der Waals surface area contributed by atoms with Gasteiger partial charge in [0.25, 0.3) is 0 Å². The Labute approximate surface area is 87.1 Å². The SMILES string of the molecule is CCc1nc(C(=O)CCOC)sc1N. The molecule has 0 amide bonds. The van der Waals surface area contributed by atoms with Crippen molar-refractivity contribution in [3.05, 3.63) is 10.7 Å². The number of nitrogens with zero attached hydrogens (tertiary/aromatic N) is 1. The number of aryl methyl sites for hydroxylation is 1. The first-order valence-electron chi connectivity index (χ1n) is 4.46. The molecule has 0 atom stereocenters. The van der Waals surface area contributed by atoms with E-state index in [2.05, 4.69) is 4.98 Å². The quantitative estimate of drug-likeness (QED) is 0.754. The molecule has 0 aliphatic carbocycles. The number of hydrogen-bond donors (Lipinski definition) is 1. The molecule has 78 valence electrons. The summed E-state index contributed by atoms with van der Waals surface area (Å²) >= 11 is 1.26. The van der Waals surface area contributed by atoms with Crippen molar-refractivity contribution in [2.45, 2.75) is 19.8 Å². The van der Waals surface area contributed by atoms with Crippen molar-refractivity contribution in [1.82, 2.24) is 4.98 Å². The minimum atomic E-state index is 0.00301. The Hall–Kier alpha value is -0.940. The van der Waals surface area contributed by atoms with Crippen molar-refractivity contribution in [3.63, 3.8) is 0 Å². The number of aromatic nitrogens is 1. The zero-order valence-corrected chi connectivity index (χ0v) is 9.19. The maximum absolute atomic E-state index is 11.5. The van der Waals surface area contributed by atoms with Gasteiger partial charge in [-0.2, -0.15) is 0 Å². The van der Waals surface area contributed by atoms with Crippen molar-refractivity contribution in [1.29, 1.82) is 0 Å². The molecule has 2 N–H and O–H groups in total.